The Balaban J connectivity index is 2.39. The van der Waals surface area contributed by atoms with E-state index in [1.54, 1.807) is 30.3 Å². The third kappa shape index (κ3) is 4.57. The fourth-order valence-electron chi connectivity index (χ4n) is 2.87. The van der Waals surface area contributed by atoms with Crippen LogP contribution in [0.15, 0.2) is 36.4 Å². The molecule has 0 aliphatic heterocycles. The zero-order valence-corrected chi connectivity index (χ0v) is 16.0. The number of hydrogen-bond donors (Lipinski definition) is 3. The second-order valence-corrected chi connectivity index (χ2v) is 10.8. The standard InChI is InChI=1S/C20H26O4Si/c1-4-25(5-2,6-3)24-20-16(8-7-9-19(20)23)11-10-15-12-17(21)14-18(22)13-15/h7-14,21-23H,4-6H2,1-3H3/b11-10+. The van der Waals surface area contributed by atoms with Gasteiger partial charge in [0.15, 0.2) is 11.5 Å². The molecule has 3 N–H and O–H groups in total. The summed E-state index contributed by atoms with van der Waals surface area (Å²) < 4.78 is 6.39. The zero-order valence-electron chi connectivity index (χ0n) is 15.0. The van der Waals surface area contributed by atoms with Crippen molar-refractivity contribution < 1.29 is 19.7 Å². The van der Waals surface area contributed by atoms with Crippen LogP contribution in [0.4, 0.5) is 0 Å². The summed E-state index contributed by atoms with van der Waals surface area (Å²) in [6.45, 7) is 6.43. The summed E-state index contributed by atoms with van der Waals surface area (Å²) in [5.74, 6) is 0.649. The van der Waals surface area contributed by atoms with Crippen molar-refractivity contribution in [2.75, 3.05) is 0 Å². The van der Waals surface area contributed by atoms with Gasteiger partial charge in [0, 0.05) is 11.6 Å². The lowest BCUT2D eigenvalue weighted by atomic mass is 10.1. The van der Waals surface area contributed by atoms with Crippen molar-refractivity contribution >= 4 is 20.5 Å². The number of hydrogen-bond acceptors (Lipinski definition) is 4. The summed E-state index contributed by atoms with van der Waals surface area (Å²) in [5, 5.41) is 29.5. The summed E-state index contributed by atoms with van der Waals surface area (Å²) in [4.78, 5) is 0. The number of benzene rings is 2. The molecule has 2 aromatic rings. The van der Waals surface area contributed by atoms with Crippen molar-refractivity contribution in [1.82, 2.24) is 0 Å². The Morgan fingerprint density at radius 2 is 1.48 bits per heavy atom. The van der Waals surface area contributed by atoms with Gasteiger partial charge in [0.05, 0.1) is 0 Å². The molecule has 0 unspecified atom stereocenters. The second kappa shape index (κ2) is 8.12. The van der Waals surface area contributed by atoms with E-state index in [2.05, 4.69) is 20.8 Å². The minimum Gasteiger partial charge on any atom is -0.541 e. The maximum atomic E-state index is 10.3. The Hall–Kier alpha value is -2.40. The predicted octanol–water partition coefficient (Wildman–Crippen LogP) is 5.36. The fraction of sp³-hybridized carbons (Fsp3) is 0.300. The van der Waals surface area contributed by atoms with Crippen LogP contribution in [0.2, 0.25) is 18.1 Å². The quantitative estimate of drug-likeness (QED) is 0.460. The Kier molecular flexibility index (Phi) is 6.15. The van der Waals surface area contributed by atoms with Crippen LogP contribution in [0.1, 0.15) is 31.9 Å². The minimum atomic E-state index is -1.92. The molecule has 2 rings (SSSR count). The first-order chi connectivity index (χ1) is 11.9. The molecule has 2 aromatic carbocycles. The number of aromatic hydroxyl groups is 3. The first-order valence-corrected chi connectivity index (χ1v) is 11.2. The number of rotatable bonds is 7. The summed E-state index contributed by atoms with van der Waals surface area (Å²) >= 11 is 0. The molecule has 0 aliphatic rings. The Morgan fingerprint density at radius 1 is 0.880 bits per heavy atom. The molecule has 0 atom stereocenters. The third-order valence-electron chi connectivity index (χ3n) is 4.66. The van der Waals surface area contributed by atoms with Gasteiger partial charge in [-0.05, 0) is 41.9 Å². The molecular formula is C20H26O4Si. The Labute approximate surface area is 150 Å². The van der Waals surface area contributed by atoms with E-state index in [1.165, 1.54) is 6.07 Å². The molecule has 25 heavy (non-hydrogen) atoms. The van der Waals surface area contributed by atoms with E-state index in [0.717, 1.165) is 23.7 Å². The second-order valence-electron chi connectivity index (χ2n) is 6.16. The molecular weight excluding hydrogens is 332 g/mol. The largest absolute Gasteiger partial charge is 0.541 e. The third-order valence-corrected chi connectivity index (χ3v) is 9.16. The lowest BCUT2D eigenvalue weighted by Crippen LogP contribution is -2.39. The molecule has 0 saturated carbocycles. The lowest BCUT2D eigenvalue weighted by molar-refractivity contribution is 0.430. The van der Waals surface area contributed by atoms with Crippen LogP contribution in [0, 0.1) is 0 Å². The highest BCUT2D eigenvalue weighted by molar-refractivity contribution is 6.74. The van der Waals surface area contributed by atoms with Crippen molar-refractivity contribution in [2.24, 2.45) is 0 Å². The average molecular weight is 359 g/mol. The van der Waals surface area contributed by atoms with Crippen molar-refractivity contribution in [1.29, 1.82) is 0 Å². The lowest BCUT2D eigenvalue weighted by Gasteiger charge is -2.30. The topological polar surface area (TPSA) is 69.9 Å². The van der Waals surface area contributed by atoms with E-state index in [4.69, 9.17) is 4.43 Å². The first kappa shape index (κ1) is 18.9. The van der Waals surface area contributed by atoms with Gasteiger partial charge in [-0.15, -0.1) is 0 Å². The molecule has 0 radical (unpaired) electrons. The molecule has 0 aromatic heterocycles. The molecule has 0 fully saturated rings. The van der Waals surface area contributed by atoms with Gasteiger partial charge in [-0.3, -0.25) is 0 Å². The highest BCUT2D eigenvalue weighted by atomic mass is 28.4. The predicted molar refractivity (Wildman–Crippen MR) is 105 cm³/mol. The Morgan fingerprint density at radius 3 is 2.04 bits per heavy atom. The van der Waals surface area contributed by atoms with Gasteiger partial charge in [-0.25, -0.2) is 0 Å². The van der Waals surface area contributed by atoms with Gasteiger partial charge < -0.3 is 19.7 Å². The number of phenolic OH excluding ortho intramolecular Hbond substituents is 3. The van der Waals surface area contributed by atoms with Gasteiger partial charge in [-0.2, -0.15) is 0 Å². The molecule has 0 spiro atoms. The molecule has 0 heterocycles. The van der Waals surface area contributed by atoms with Gasteiger partial charge in [-0.1, -0.05) is 45.1 Å². The monoisotopic (exact) mass is 358 g/mol. The summed E-state index contributed by atoms with van der Waals surface area (Å²) in [5.41, 5.74) is 1.44. The van der Waals surface area contributed by atoms with Crippen LogP contribution < -0.4 is 4.43 Å². The molecule has 0 aliphatic carbocycles. The molecule has 0 amide bonds. The van der Waals surface area contributed by atoms with Crippen molar-refractivity contribution in [3.63, 3.8) is 0 Å². The van der Waals surface area contributed by atoms with Gasteiger partial charge >= 0.3 is 0 Å². The zero-order chi connectivity index (χ0) is 18.4. The minimum absolute atomic E-state index is 0.00130. The maximum absolute atomic E-state index is 10.3. The molecule has 0 bridgehead atoms. The van der Waals surface area contributed by atoms with Gasteiger partial charge in [0.1, 0.15) is 11.5 Å². The van der Waals surface area contributed by atoms with Gasteiger partial charge in [0.2, 0.25) is 0 Å². The van der Waals surface area contributed by atoms with Crippen molar-refractivity contribution in [3.05, 3.63) is 47.5 Å². The highest BCUT2D eigenvalue weighted by Gasteiger charge is 2.32. The molecule has 0 saturated heterocycles. The van der Waals surface area contributed by atoms with Crippen LogP contribution in [-0.4, -0.2) is 23.6 Å². The Bertz CT molecular complexity index is 723. The van der Waals surface area contributed by atoms with Crippen LogP contribution in [0.5, 0.6) is 23.0 Å². The fourth-order valence-corrected chi connectivity index (χ4v) is 5.46. The van der Waals surface area contributed by atoms with Crippen LogP contribution in [0.3, 0.4) is 0 Å². The summed E-state index contributed by atoms with van der Waals surface area (Å²) in [7, 11) is -1.92. The van der Waals surface area contributed by atoms with E-state index < -0.39 is 8.32 Å². The van der Waals surface area contributed by atoms with E-state index >= 15 is 0 Å². The molecule has 134 valence electrons. The first-order valence-electron chi connectivity index (χ1n) is 8.65. The van der Waals surface area contributed by atoms with Crippen LogP contribution in [-0.2, 0) is 0 Å². The van der Waals surface area contributed by atoms with Crippen molar-refractivity contribution in [2.45, 2.75) is 38.9 Å². The van der Waals surface area contributed by atoms with E-state index in [-0.39, 0.29) is 17.2 Å². The normalized spacial score (nSPS) is 11.8. The number of para-hydroxylation sites is 1. The maximum Gasteiger partial charge on any atom is 0.250 e. The van der Waals surface area contributed by atoms with Gasteiger partial charge in [0.25, 0.3) is 8.32 Å². The van der Waals surface area contributed by atoms with Crippen LogP contribution in [0.25, 0.3) is 12.2 Å². The number of phenols is 3. The SMILES string of the molecule is CC[Si](CC)(CC)Oc1c(O)cccc1/C=C/c1cc(O)cc(O)c1. The van der Waals surface area contributed by atoms with Crippen molar-refractivity contribution in [3.8, 4) is 23.0 Å². The van der Waals surface area contributed by atoms with Crippen LogP contribution >= 0.6 is 0 Å². The average Bonchev–Trinajstić information content (AvgIpc) is 2.59. The van der Waals surface area contributed by atoms with E-state index in [0.29, 0.717) is 11.3 Å². The molecule has 4 nitrogen and oxygen atoms in total. The summed E-state index contributed by atoms with van der Waals surface area (Å²) in [6, 6.07) is 12.6. The van der Waals surface area contributed by atoms with E-state index in [9.17, 15) is 15.3 Å². The highest BCUT2D eigenvalue weighted by Crippen LogP contribution is 2.36. The summed E-state index contributed by atoms with van der Waals surface area (Å²) in [6.07, 6.45) is 3.59. The van der Waals surface area contributed by atoms with E-state index in [1.807, 2.05) is 12.1 Å². The smallest absolute Gasteiger partial charge is 0.250 e. The molecule has 5 heteroatoms.